The van der Waals surface area contributed by atoms with E-state index in [1.54, 1.807) is 0 Å². The Morgan fingerprint density at radius 3 is 2.62 bits per heavy atom. The minimum atomic E-state index is -4.07. The van der Waals surface area contributed by atoms with E-state index in [1.165, 1.54) is 0 Å². The summed E-state index contributed by atoms with van der Waals surface area (Å²) in [6.45, 7) is 2.78. The summed E-state index contributed by atoms with van der Waals surface area (Å²) in [5.74, 6) is -1.22. The number of ether oxygens (including phenoxy) is 1. The predicted octanol–water partition coefficient (Wildman–Crippen LogP) is 2.72. The topological polar surface area (TPSA) is 35.2 Å². The molecule has 0 amide bonds. The zero-order chi connectivity index (χ0) is 12.2. The van der Waals surface area contributed by atoms with Crippen LogP contribution in [-0.2, 0) is 4.74 Å². The van der Waals surface area contributed by atoms with Gasteiger partial charge < -0.3 is 10.5 Å². The third-order valence-electron chi connectivity index (χ3n) is 3.30. The molecule has 0 aromatic carbocycles. The summed E-state index contributed by atoms with van der Waals surface area (Å²) in [5, 5.41) is 0. The zero-order valence-corrected chi connectivity index (χ0v) is 9.59. The van der Waals surface area contributed by atoms with Crippen LogP contribution in [0.5, 0.6) is 0 Å². The molecule has 1 saturated carbocycles. The molecule has 96 valence electrons. The SMILES string of the molecule is CCOCC(N)C1CCCC(C(F)(F)F)C1. The number of hydrogen-bond acceptors (Lipinski definition) is 2. The highest BCUT2D eigenvalue weighted by molar-refractivity contribution is 4.83. The van der Waals surface area contributed by atoms with E-state index in [0.29, 0.717) is 19.6 Å². The second-order valence-electron chi connectivity index (χ2n) is 4.49. The van der Waals surface area contributed by atoms with Crippen molar-refractivity contribution in [2.24, 2.45) is 17.6 Å². The van der Waals surface area contributed by atoms with E-state index >= 15 is 0 Å². The maximum Gasteiger partial charge on any atom is 0.391 e. The van der Waals surface area contributed by atoms with Gasteiger partial charge in [-0.2, -0.15) is 13.2 Å². The zero-order valence-electron chi connectivity index (χ0n) is 9.59. The molecule has 16 heavy (non-hydrogen) atoms. The Morgan fingerprint density at radius 2 is 2.06 bits per heavy atom. The van der Waals surface area contributed by atoms with Gasteiger partial charge in [0.05, 0.1) is 12.5 Å². The average Bonchev–Trinajstić information content (AvgIpc) is 2.25. The van der Waals surface area contributed by atoms with Crippen LogP contribution in [0.1, 0.15) is 32.6 Å². The van der Waals surface area contributed by atoms with Crippen molar-refractivity contribution in [2.45, 2.75) is 44.8 Å². The van der Waals surface area contributed by atoms with Crippen LogP contribution in [0, 0.1) is 11.8 Å². The van der Waals surface area contributed by atoms with Crippen molar-refractivity contribution >= 4 is 0 Å². The number of rotatable bonds is 4. The van der Waals surface area contributed by atoms with Crippen LogP contribution < -0.4 is 5.73 Å². The van der Waals surface area contributed by atoms with Crippen LogP contribution in [0.15, 0.2) is 0 Å². The minimum absolute atomic E-state index is 0.0491. The summed E-state index contributed by atoms with van der Waals surface area (Å²) in [6.07, 6.45) is -2.24. The van der Waals surface area contributed by atoms with E-state index < -0.39 is 12.1 Å². The smallest absolute Gasteiger partial charge is 0.380 e. The third kappa shape index (κ3) is 3.94. The molecule has 0 radical (unpaired) electrons. The van der Waals surface area contributed by atoms with Gasteiger partial charge in [-0.05, 0) is 32.1 Å². The molecule has 2 N–H and O–H groups in total. The molecule has 0 heterocycles. The number of nitrogens with two attached hydrogens (primary N) is 1. The second kappa shape index (κ2) is 5.87. The number of alkyl halides is 3. The maximum absolute atomic E-state index is 12.6. The van der Waals surface area contributed by atoms with E-state index in [4.69, 9.17) is 10.5 Å². The number of hydrogen-bond donors (Lipinski definition) is 1. The van der Waals surface area contributed by atoms with Crippen LogP contribution in [0.2, 0.25) is 0 Å². The van der Waals surface area contributed by atoms with Crippen molar-refractivity contribution in [2.75, 3.05) is 13.2 Å². The fraction of sp³-hybridized carbons (Fsp3) is 1.00. The third-order valence-corrected chi connectivity index (χ3v) is 3.30. The normalized spacial score (nSPS) is 29.1. The summed E-state index contributed by atoms with van der Waals surface area (Å²) >= 11 is 0. The van der Waals surface area contributed by atoms with Gasteiger partial charge in [-0.25, -0.2) is 0 Å². The van der Waals surface area contributed by atoms with Gasteiger partial charge in [-0.15, -0.1) is 0 Å². The van der Waals surface area contributed by atoms with Crippen molar-refractivity contribution in [1.82, 2.24) is 0 Å². The lowest BCUT2D eigenvalue weighted by molar-refractivity contribution is -0.186. The summed E-state index contributed by atoms with van der Waals surface area (Å²) < 4.78 is 42.8. The molecule has 1 rings (SSSR count). The van der Waals surface area contributed by atoms with E-state index in [1.807, 2.05) is 6.92 Å². The molecule has 1 fully saturated rings. The lowest BCUT2D eigenvalue weighted by atomic mass is 9.78. The molecule has 2 nitrogen and oxygen atoms in total. The van der Waals surface area contributed by atoms with Crippen molar-refractivity contribution in [3.63, 3.8) is 0 Å². The minimum Gasteiger partial charge on any atom is -0.380 e. The largest absolute Gasteiger partial charge is 0.391 e. The summed E-state index contributed by atoms with van der Waals surface area (Å²) in [6, 6.07) is -0.259. The Kier molecular flexibility index (Phi) is 5.05. The summed E-state index contributed by atoms with van der Waals surface area (Å²) in [5.41, 5.74) is 5.85. The molecule has 3 atom stereocenters. The first-order valence-corrected chi connectivity index (χ1v) is 5.85. The highest BCUT2D eigenvalue weighted by Gasteiger charge is 2.43. The summed E-state index contributed by atoms with van der Waals surface area (Å²) in [4.78, 5) is 0. The van der Waals surface area contributed by atoms with Crippen LogP contribution >= 0.6 is 0 Å². The van der Waals surface area contributed by atoms with Gasteiger partial charge in [0.15, 0.2) is 0 Å². The van der Waals surface area contributed by atoms with E-state index in [0.717, 1.165) is 6.42 Å². The van der Waals surface area contributed by atoms with Gasteiger partial charge in [0.25, 0.3) is 0 Å². The van der Waals surface area contributed by atoms with Gasteiger partial charge in [-0.3, -0.25) is 0 Å². The van der Waals surface area contributed by atoms with Crippen molar-refractivity contribution in [3.05, 3.63) is 0 Å². The molecule has 0 aliphatic heterocycles. The van der Waals surface area contributed by atoms with E-state index in [2.05, 4.69) is 0 Å². The Labute approximate surface area is 94.3 Å². The highest BCUT2D eigenvalue weighted by atomic mass is 19.4. The van der Waals surface area contributed by atoms with E-state index in [9.17, 15) is 13.2 Å². The van der Waals surface area contributed by atoms with E-state index in [-0.39, 0.29) is 24.8 Å². The second-order valence-corrected chi connectivity index (χ2v) is 4.49. The molecule has 0 aromatic rings. The first-order valence-electron chi connectivity index (χ1n) is 5.85. The molecule has 3 unspecified atom stereocenters. The lowest BCUT2D eigenvalue weighted by Gasteiger charge is -2.33. The molecule has 1 aliphatic rings. The molecule has 0 saturated heterocycles. The lowest BCUT2D eigenvalue weighted by Crippen LogP contribution is -2.40. The fourth-order valence-corrected chi connectivity index (χ4v) is 2.30. The van der Waals surface area contributed by atoms with Crippen LogP contribution in [0.25, 0.3) is 0 Å². The Morgan fingerprint density at radius 1 is 1.38 bits per heavy atom. The van der Waals surface area contributed by atoms with Gasteiger partial charge >= 0.3 is 6.18 Å². The van der Waals surface area contributed by atoms with Gasteiger partial charge in [0.1, 0.15) is 0 Å². The standard InChI is InChI=1S/C11H20F3NO/c1-2-16-7-10(15)8-4-3-5-9(6-8)11(12,13)14/h8-10H,2-7,15H2,1H3. The van der Waals surface area contributed by atoms with Crippen molar-refractivity contribution < 1.29 is 17.9 Å². The average molecular weight is 239 g/mol. The predicted molar refractivity (Wildman–Crippen MR) is 56.0 cm³/mol. The quantitative estimate of drug-likeness (QED) is 0.818. The van der Waals surface area contributed by atoms with Crippen LogP contribution in [0.4, 0.5) is 13.2 Å². The molecule has 5 heteroatoms. The molecule has 0 aromatic heterocycles. The number of halogens is 3. The molecular formula is C11H20F3NO. The molecule has 0 spiro atoms. The first-order chi connectivity index (χ1) is 7.45. The summed E-state index contributed by atoms with van der Waals surface area (Å²) in [7, 11) is 0. The van der Waals surface area contributed by atoms with Gasteiger partial charge in [0, 0.05) is 12.6 Å². The fourth-order valence-electron chi connectivity index (χ4n) is 2.30. The van der Waals surface area contributed by atoms with Crippen LogP contribution in [-0.4, -0.2) is 25.4 Å². The van der Waals surface area contributed by atoms with Crippen molar-refractivity contribution in [3.8, 4) is 0 Å². The monoisotopic (exact) mass is 239 g/mol. The Bertz CT molecular complexity index is 208. The molecule has 1 aliphatic carbocycles. The molecular weight excluding hydrogens is 219 g/mol. The molecule has 0 bridgehead atoms. The highest BCUT2D eigenvalue weighted by Crippen LogP contribution is 2.40. The maximum atomic E-state index is 12.6. The van der Waals surface area contributed by atoms with Gasteiger partial charge in [0.2, 0.25) is 0 Å². The Hall–Kier alpha value is -0.290. The first kappa shape index (κ1) is 13.8. The van der Waals surface area contributed by atoms with Crippen molar-refractivity contribution in [1.29, 1.82) is 0 Å². The van der Waals surface area contributed by atoms with Crippen LogP contribution in [0.3, 0.4) is 0 Å². The Balaban J connectivity index is 2.43. The van der Waals surface area contributed by atoms with Gasteiger partial charge in [-0.1, -0.05) is 6.42 Å².